The maximum Gasteiger partial charge on any atom is 0.228 e. The second-order valence-electron chi connectivity index (χ2n) is 6.86. The standard InChI is InChI=1S/C17H24N8O2/c18-15-20-8-12(9-21-15)13-7-14(24-17(11-26)1-2-19-10-17)23-16(22-13)25-3-5-27-6-4-25/h7-9,19,26H,1-6,10-11H2,(H2,18,20,21)(H,22,23,24)/t17-/m0/s1. The molecule has 5 N–H and O–H groups in total. The Kier molecular flexibility index (Phi) is 5.01. The van der Waals surface area contributed by atoms with Crippen LogP contribution >= 0.6 is 0 Å². The van der Waals surface area contributed by atoms with E-state index in [9.17, 15) is 5.11 Å². The molecule has 10 heteroatoms. The van der Waals surface area contributed by atoms with Crippen LogP contribution in [0.1, 0.15) is 6.42 Å². The van der Waals surface area contributed by atoms with Crippen LogP contribution in [0.2, 0.25) is 0 Å². The predicted octanol–water partition coefficient (Wildman–Crippen LogP) is -0.511. The molecule has 0 unspecified atom stereocenters. The zero-order valence-electron chi connectivity index (χ0n) is 15.1. The van der Waals surface area contributed by atoms with Crippen molar-refractivity contribution >= 4 is 17.7 Å². The quantitative estimate of drug-likeness (QED) is 0.543. The molecule has 144 valence electrons. The lowest BCUT2D eigenvalue weighted by molar-refractivity contribution is 0.122. The number of nitrogens with one attached hydrogen (secondary N) is 2. The molecule has 0 saturated carbocycles. The summed E-state index contributed by atoms with van der Waals surface area (Å²) in [4.78, 5) is 19.6. The summed E-state index contributed by atoms with van der Waals surface area (Å²) in [7, 11) is 0. The van der Waals surface area contributed by atoms with E-state index in [-0.39, 0.29) is 12.6 Å². The highest BCUT2D eigenvalue weighted by molar-refractivity contribution is 5.64. The molecule has 0 radical (unpaired) electrons. The number of ether oxygens (including phenoxy) is 1. The van der Waals surface area contributed by atoms with Gasteiger partial charge >= 0.3 is 0 Å². The van der Waals surface area contributed by atoms with E-state index in [4.69, 9.17) is 20.4 Å². The van der Waals surface area contributed by atoms with Gasteiger partial charge in [0.25, 0.3) is 0 Å². The zero-order valence-corrected chi connectivity index (χ0v) is 15.1. The predicted molar refractivity (Wildman–Crippen MR) is 101 cm³/mol. The van der Waals surface area contributed by atoms with E-state index < -0.39 is 5.54 Å². The topological polar surface area (TPSA) is 134 Å². The molecule has 2 aliphatic heterocycles. The van der Waals surface area contributed by atoms with Crippen molar-refractivity contribution < 1.29 is 9.84 Å². The van der Waals surface area contributed by atoms with Crippen LogP contribution < -0.4 is 21.3 Å². The average molecular weight is 372 g/mol. The molecule has 0 aliphatic carbocycles. The normalized spacial score (nSPS) is 22.8. The van der Waals surface area contributed by atoms with Crippen LogP contribution in [0.25, 0.3) is 11.3 Å². The minimum absolute atomic E-state index is 0.0250. The van der Waals surface area contributed by atoms with Gasteiger partial charge in [-0.25, -0.2) is 15.0 Å². The van der Waals surface area contributed by atoms with Crippen LogP contribution in [0.3, 0.4) is 0 Å². The SMILES string of the molecule is Nc1ncc(-c2cc(N[C@@]3(CO)CCNC3)nc(N3CCOCC3)n2)cn1. The highest BCUT2D eigenvalue weighted by Gasteiger charge is 2.33. The zero-order chi connectivity index (χ0) is 18.7. The lowest BCUT2D eigenvalue weighted by atomic mass is 10.00. The van der Waals surface area contributed by atoms with Crippen molar-refractivity contribution in [1.82, 2.24) is 25.3 Å². The Morgan fingerprint density at radius 1 is 1.26 bits per heavy atom. The molecule has 2 aromatic heterocycles. The van der Waals surface area contributed by atoms with Crippen molar-refractivity contribution in [1.29, 1.82) is 0 Å². The third kappa shape index (κ3) is 3.92. The Morgan fingerprint density at radius 2 is 2.04 bits per heavy atom. The van der Waals surface area contributed by atoms with E-state index in [2.05, 4.69) is 25.5 Å². The Morgan fingerprint density at radius 3 is 2.70 bits per heavy atom. The van der Waals surface area contributed by atoms with Crippen molar-refractivity contribution in [2.45, 2.75) is 12.0 Å². The Labute approximate surface area is 157 Å². The number of nitrogens with two attached hydrogens (primary N) is 1. The summed E-state index contributed by atoms with van der Waals surface area (Å²) >= 11 is 0. The third-order valence-corrected chi connectivity index (χ3v) is 4.92. The first-order chi connectivity index (χ1) is 13.2. The molecule has 2 fully saturated rings. The number of nitrogens with zero attached hydrogens (tertiary/aromatic N) is 5. The molecule has 0 spiro atoms. The van der Waals surface area contributed by atoms with Crippen LogP contribution in [-0.2, 0) is 4.74 Å². The van der Waals surface area contributed by atoms with Crippen LogP contribution in [-0.4, -0.2) is 76.6 Å². The van der Waals surface area contributed by atoms with E-state index in [1.165, 1.54) is 0 Å². The first kappa shape index (κ1) is 17.8. The molecule has 0 aromatic carbocycles. The summed E-state index contributed by atoms with van der Waals surface area (Å²) < 4.78 is 5.43. The summed E-state index contributed by atoms with van der Waals surface area (Å²) in [6.45, 7) is 4.31. The number of nitrogen functional groups attached to an aromatic ring is 1. The largest absolute Gasteiger partial charge is 0.394 e. The van der Waals surface area contributed by atoms with Crippen molar-refractivity contribution in [3.63, 3.8) is 0 Å². The van der Waals surface area contributed by atoms with Crippen molar-refractivity contribution in [3.05, 3.63) is 18.5 Å². The van der Waals surface area contributed by atoms with Gasteiger partial charge < -0.3 is 31.1 Å². The Bertz CT molecular complexity index is 773. The fraction of sp³-hybridized carbons (Fsp3) is 0.529. The van der Waals surface area contributed by atoms with Gasteiger partial charge in [-0.15, -0.1) is 0 Å². The molecule has 0 amide bonds. The van der Waals surface area contributed by atoms with Gasteiger partial charge in [0, 0.05) is 43.7 Å². The number of hydrogen-bond donors (Lipinski definition) is 4. The minimum Gasteiger partial charge on any atom is -0.394 e. The first-order valence-electron chi connectivity index (χ1n) is 9.07. The van der Waals surface area contributed by atoms with E-state index in [1.807, 2.05) is 6.07 Å². The molecule has 10 nitrogen and oxygen atoms in total. The fourth-order valence-corrected chi connectivity index (χ4v) is 3.32. The maximum absolute atomic E-state index is 9.91. The van der Waals surface area contributed by atoms with Crippen LogP contribution in [0, 0.1) is 0 Å². The number of hydrogen-bond acceptors (Lipinski definition) is 10. The van der Waals surface area contributed by atoms with Gasteiger partial charge in [-0.1, -0.05) is 0 Å². The summed E-state index contributed by atoms with van der Waals surface area (Å²) in [6.07, 6.45) is 4.12. The highest BCUT2D eigenvalue weighted by atomic mass is 16.5. The van der Waals surface area contributed by atoms with E-state index in [0.29, 0.717) is 37.2 Å². The Hall–Kier alpha value is -2.56. The molecular formula is C17H24N8O2. The Balaban J connectivity index is 1.70. The van der Waals surface area contributed by atoms with Gasteiger partial charge in [0.2, 0.25) is 11.9 Å². The van der Waals surface area contributed by atoms with Gasteiger partial charge in [0.1, 0.15) is 5.82 Å². The van der Waals surface area contributed by atoms with Gasteiger partial charge in [-0.3, -0.25) is 0 Å². The third-order valence-electron chi connectivity index (χ3n) is 4.92. The molecule has 1 atom stereocenters. The maximum atomic E-state index is 9.91. The number of aliphatic hydroxyl groups is 1. The molecule has 27 heavy (non-hydrogen) atoms. The molecule has 2 aromatic rings. The number of aromatic nitrogens is 4. The average Bonchev–Trinajstić information content (AvgIpc) is 3.18. The molecule has 2 saturated heterocycles. The fourth-order valence-electron chi connectivity index (χ4n) is 3.32. The summed E-state index contributed by atoms with van der Waals surface area (Å²) in [5.74, 6) is 1.50. The van der Waals surface area contributed by atoms with Gasteiger partial charge in [-0.05, 0) is 13.0 Å². The molecule has 4 rings (SSSR count). The lowest BCUT2D eigenvalue weighted by Gasteiger charge is -2.30. The summed E-state index contributed by atoms with van der Waals surface area (Å²) in [6, 6.07) is 1.86. The van der Waals surface area contributed by atoms with Crippen molar-refractivity contribution in [2.75, 3.05) is 62.0 Å². The minimum atomic E-state index is -0.425. The highest BCUT2D eigenvalue weighted by Crippen LogP contribution is 2.26. The molecule has 4 heterocycles. The second-order valence-corrected chi connectivity index (χ2v) is 6.86. The molecule has 2 aliphatic rings. The van der Waals surface area contributed by atoms with Crippen LogP contribution in [0.4, 0.5) is 17.7 Å². The monoisotopic (exact) mass is 372 g/mol. The number of morpholine rings is 1. The van der Waals surface area contributed by atoms with E-state index in [0.717, 1.165) is 31.6 Å². The van der Waals surface area contributed by atoms with Gasteiger partial charge in [-0.2, -0.15) is 4.98 Å². The van der Waals surface area contributed by atoms with Crippen LogP contribution in [0.15, 0.2) is 18.5 Å². The van der Waals surface area contributed by atoms with Gasteiger partial charge in [0.15, 0.2) is 0 Å². The van der Waals surface area contributed by atoms with E-state index in [1.54, 1.807) is 12.4 Å². The number of rotatable bonds is 5. The first-order valence-corrected chi connectivity index (χ1v) is 9.07. The lowest BCUT2D eigenvalue weighted by Crippen LogP contribution is -2.44. The van der Waals surface area contributed by atoms with E-state index >= 15 is 0 Å². The van der Waals surface area contributed by atoms with Crippen LogP contribution in [0.5, 0.6) is 0 Å². The number of anilines is 3. The molecule has 0 bridgehead atoms. The smallest absolute Gasteiger partial charge is 0.228 e. The second kappa shape index (κ2) is 7.59. The summed E-state index contributed by atoms with van der Waals surface area (Å²) in [5, 5.41) is 16.6. The molecular weight excluding hydrogens is 348 g/mol. The number of aliphatic hydroxyl groups excluding tert-OH is 1. The van der Waals surface area contributed by atoms with Gasteiger partial charge in [0.05, 0.1) is 31.1 Å². The van der Waals surface area contributed by atoms with Crippen molar-refractivity contribution in [2.24, 2.45) is 0 Å². The van der Waals surface area contributed by atoms with Crippen molar-refractivity contribution in [3.8, 4) is 11.3 Å². The summed E-state index contributed by atoms with van der Waals surface area (Å²) in [5.41, 5.74) is 6.63.